The maximum atomic E-state index is 14.5. The molecule has 166 valence electrons. The second-order valence-electron chi connectivity index (χ2n) is 6.89. The topological polar surface area (TPSA) is 84.5 Å². The minimum atomic E-state index is -4.70. The highest BCUT2D eigenvalue weighted by molar-refractivity contribution is 7.92. The van der Waals surface area contributed by atoms with Gasteiger partial charge in [0, 0.05) is 11.8 Å². The van der Waals surface area contributed by atoms with Gasteiger partial charge in [-0.3, -0.25) is 9.52 Å². The van der Waals surface area contributed by atoms with E-state index in [0.29, 0.717) is 11.3 Å². The van der Waals surface area contributed by atoms with Crippen LogP contribution in [-0.4, -0.2) is 14.3 Å². The molecular formula is C21H14F4N2O4S. The number of rotatable bonds is 5. The quantitative estimate of drug-likeness (QED) is 0.522. The van der Waals surface area contributed by atoms with E-state index in [1.165, 1.54) is 30.3 Å². The van der Waals surface area contributed by atoms with Crippen LogP contribution in [0.15, 0.2) is 65.6 Å². The second kappa shape index (κ2) is 7.83. The van der Waals surface area contributed by atoms with Gasteiger partial charge in [-0.1, -0.05) is 12.1 Å². The fourth-order valence-corrected chi connectivity index (χ4v) is 4.24. The summed E-state index contributed by atoms with van der Waals surface area (Å²) < 4.78 is 86.3. The largest absolute Gasteiger partial charge is 0.454 e. The molecule has 0 unspecified atom stereocenters. The molecule has 1 amide bonds. The summed E-state index contributed by atoms with van der Waals surface area (Å²) in [6.07, 6.45) is -4.66. The van der Waals surface area contributed by atoms with E-state index in [4.69, 9.17) is 4.74 Å². The van der Waals surface area contributed by atoms with Crippen LogP contribution in [0.3, 0.4) is 0 Å². The summed E-state index contributed by atoms with van der Waals surface area (Å²) in [4.78, 5) is 11.3. The average Bonchev–Trinajstić information content (AvgIpc) is 3.08. The molecular weight excluding hydrogens is 452 g/mol. The van der Waals surface area contributed by atoms with Gasteiger partial charge in [-0.05, 0) is 48.0 Å². The van der Waals surface area contributed by atoms with Gasteiger partial charge in [-0.25, -0.2) is 12.8 Å². The smallest absolute Gasteiger partial charge is 0.419 e. The van der Waals surface area contributed by atoms with E-state index in [-0.39, 0.29) is 22.9 Å². The number of amides is 1. The molecule has 0 saturated heterocycles. The van der Waals surface area contributed by atoms with Gasteiger partial charge < -0.3 is 10.1 Å². The Hall–Kier alpha value is -3.60. The third kappa shape index (κ3) is 4.37. The Balaban J connectivity index is 1.56. The van der Waals surface area contributed by atoms with Crippen molar-refractivity contribution in [2.45, 2.75) is 17.5 Å². The number of carbonyl (C=O) groups is 1. The number of carbonyl (C=O) groups excluding carboxylic acids is 1. The Kier molecular flexibility index (Phi) is 5.29. The number of hydrogen-bond donors (Lipinski definition) is 2. The first-order valence-corrected chi connectivity index (χ1v) is 10.6. The fraction of sp³-hybridized carbons (Fsp3) is 0.0952. The number of para-hydroxylation sites is 1. The zero-order chi connectivity index (χ0) is 23.1. The first-order valence-electron chi connectivity index (χ1n) is 9.12. The van der Waals surface area contributed by atoms with Gasteiger partial charge in [0.05, 0.1) is 22.6 Å². The lowest BCUT2D eigenvalue weighted by Crippen LogP contribution is -2.13. The first-order chi connectivity index (χ1) is 15.0. The molecule has 32 heavy (non-hydrogen) atoms. The van der Waals surface area contributed by atoms with Gasteiger partial charge >= 0.3 is 6.18 Å². The summed E-state index contributed by atoms with van der Waals surface area (Å²) >= 11 is 0. The maximum absolute atomic E-state index is 14.5. The number of nitrogens with one attached hydrogen (secondary N) is 2. The molecule has 0 atom stereocenters. The molecule has 3 aromatic carbocycles. The third-order valence-corrected chi connectivity index (χ3v) is 5.99. The molecule has 1 aliphatic rings. The first kappa shape index (κ1) is 21.6. The number of ether oxygens (including phenoxy) is 1. The molecule has 1 aliphatic heterocycles. The number of benzene rings is 3. The lowest BCUT2D eigenvalue weighted by molar-refractivity contribution is -0.138. The van der Waals surface area contributed by atoms with E-state index >= 15 is 0 Å². The van der Waals surface area contributed by atoms with Crippen molar-refractivity contribution in [3.05, 3.63) is 77.6 Å². The van der Waals surface area contributed by atoms with Crippen LogP contribution in [0.2, 0.25) is 0 Å². The van der Waals surface area contributed by atoms with Gasteiger partial charge in [0.1, 0.15) is 5.75 Å². The van der Waals surface area contributed by atoms with Crippen molar-refractivity contribution in [2.24, 2.45) is 0 Å². The lowest BCUT2D eigenvalue weighted by atomic mass is 10.2. The van der Waals surface area contributed by atoms with Crippen LogP contribution in [0, 0.1) is 5.82 Å². The summed E-state index contributed by atoms with van der Waals surface area (Å²) in [7, 11) is -4.11. The monoisotopic (exact) mass is 466 g/mol. The molecule has 0 bridgehead atoms. The van der Waals surface area contributed by atoms with E-state index < -0.39 is 39.1 Å². The lowest BCUT2D eigenvalue weighted by Gasteiger charge is -2.14. The van der Waals surface area contributed by atoms with Crippen molar-refractivity contribution in [3.63, 3.8) is 0 Å². The summed E-state index contributed by atoms with van der Waals surface area (Å²) in [5, 5.41) is 2.58. The number of hydrogen-bond acceptors (Lipinski definition) is 4. The standard InChI is InChI=1S/C21H14F4N2O4S/c22-16-11-13(5-8-19(16)31-18-4-2-1-3-15(18)21(23,24)25)27-32(29,30)14-6-7-17-12(9-14)10-20(28)26-17/h1-9,11,27H,10H2,(H,26,28). The Bertz CT molecular complexity index is 1320. The van der Waals surface area contributed by atoms with Crippen LogP contribution in [0.5, 0.6) is 11.5 Å². The Labute approximate surface area is 179 Å². The molecule has 11 heteroatoms. The Morgan fingerprint density at radius 1 is 0.969 bits per heavy atom. The number of halogens is 4. The van der Waals surface area contributed by atoms with Gasteiger partial charge in [-0.2, -0.15) is 13.2 Å². The maximum Gasteiger partial charge on any atom is 0.419 e. The van der Waals surface area contributed by atoms with Crippen molar-refractivity contribution in [1.29, 1.82) is 0 Å². The van der Waals surface area contributed by atoms with Crippen molar-refractivity contribution >= 4 is 27.3 Å². The highest BCUT2D eigenvalue weighted by Crippen LogP contribution is 2.38. The van der Waals surface area contributed by atoms with Crippen molar-refractivity contribution < 1.29 is 35.5 Å². The van der Waals surface area contributed by atoms with Crippen LogP contribution < -0.4 is 14.8 Å². The van der Waals surface area contributed by atoms with E-state index in [1.807, 2.05) is 0 Å². The molecule has 1 heterocycles. The molecule has 4 rings (SSSR count). The van der Waals surface area contributed by atoms with Gasteiger partial charge in [0.25, 0.3) is 10.0 Å². The summed E-state index contributed by atoms with van der Waals surface area (Å²) in [5.74, 6) is -2.42. The van der Waals surface area contributed by atoms with E-state index in [1.54, 1.807) is 0 Å². The van der Waals surface area contributed by atoms with Crippen LogP contribution in [-0.2, 0) is 27.4 Å². The molecule has 0 spiro atoms. The molecule has 6 nitrogen and oxygen atoms in total. The van der Waals surface area contributed by atoms with Gasteiger partial charge in [0.2, 0.25) is 5.91 Å². The highest BCUT2D eigenvalue weighted by atomic mass is 32.2. The fourth-order valence-electron chi connectivity index (χ4n) is 3.14. The van der Waals surface area contributed by atoms with Crippen molar-refractivity contribution in [1.82, 2.24) is 0 Å². The molecule has 0 saturated carbocycles. The van der Waals surface area contributed by atoms with E-state index in [2.05, 4.69) is 10.0 Å². The SMILES string of the molecule is O=C1Cc2cc(S(=O)(=O)Nc3ccc(Oc4ccccc4C(F)(F)F)c(F)c3)ccc2N1. The zero-order valence-corrected chi connectivity index (χ0v) is 16.9. The van der Waals surface area contributed by atoms with Crippen LogP contribution in [0.4, 0.5) is 28.9 Å². The number of anilines is 2. The Morgan fingerprint density at radius 3 is 2.44 bits per heavy atom. The van der Waals surface area contributed by atoms with Crippen LogP contribution >= 0.6 is 0 Å². The van der Waals surface area contributed by atoms with Crippen LogP contribution in [0.1, 0.15) is 11.1 Å². The molecule has 0 fully saturated rings. The van der Waals surface area contributed by atoms with E-state index in [9.17, 15) is 30.8 Å². The molecule has 0 radical (unpaired) electrons. The Morgan fingerprint density at radius 2 is 1.72 bits per heavy atom. The number of sulfonamides is 1. The molecule has 0 aromatic heterocycles. The minimum Gasteiger partial charge on any atom is -0.454 e. The number of fused-ring (bicyclic) bond motifs is 1. The second-order valence-corrected chi connectivity index (χ2v) is 8.57. The summed E-state index contributed by atoms with van der Waals surface area (Å²) in [6, 6.07) is 11.4. The van der Waals surface area contributed by atoms with Crippen molar-refractivity contribution in [3.8, 4) is 11.5 Å². The highest BCUT2D eigenvalue weighted by Gasteiger charge is 2.34. The van der Waals surface area contributed by atoms with E-state index in [0.717, 1.165) is 30.3 Å². The van der Waals surface area contributed by atoms with Crippen LogP contribution in [0.25, 0.3) is 0 Å². The summed E-state index contributed by atoms with van der Waals surface area (Å²) in [6.45, 7) is 0. The normalized spacial score (nSPS) is 13.4. The van der Waals surface area contributed by atoms with Gasteiger partial charge in [-0.15, -0.1) is 0 Å². The molecule has 3 aromatic rings. The average molecular weight is 466 g/mol. The van der Waals surface area contributed by atoms with Crippen molar-refractivity contribution in [2.75, 3.05) is 10.0 Å². The number of alkyl halides is 3. The van der Waals surface area contributed by atoms with Gasteiger partial charge in [0.15, 0.2) is 11.6 Å². The minimum absolute atomic E-state index is 0.0404. The third-order valence-electron chi connectivity index (χ3n) is 4.61. The predicted octanol–water partition coefficient (Wildman–Crippen LogP) is 4.93. The zero-order valence-electron chi connectivity index (χ0n) is 16.0. The molecule has 0 aliphatic carbocycles. The molecule has 2 N–H and O–H groups in total. The summed E-state index contributed by atoms with van der Waals surface area (Å²) in [5.41, 5.74) is -0.209. The predicted molar refractivity (Wildman–Crippen MR) is 108 cm³/mol.